The first-order valence-corrected chi connectivity index (χ1v) is 6.32. The zero-order chi connectivity index (χ0) is 14.3. The first-order chi connectivity index (χ1) is 9.02. The highest BCUT2D eigenvalue weighted by molar-refractivity contribution is 5.79. The first kappa shape index (κ1) is 15.4. The number of aryl methyl sites for hydroxylation is 1. The minimum Gasteiger partial charge on any atom is -0.356 e. The van der Waals surface area contributed by atoms with E-state index in [-0.39, 0.29) is 5.92 Å². The second-order valence-electron chi connectivity index (χ2n) is 4.54. The summed E-state index contributed by atoms with van der Waals surface area (Å²) < 4.78 is 24.2. The van der Waals surface area contributed by atoms with Crippen molar-refractivity contribution in [2.45, 2.75) is 26.2 Å². The molecule has 1 aromatic carbocycles. The van der Waals surface area contributed by atoms with E-state index in [1.165, 1.54) is 11.1 Å². The van der Waals surface area contributed by atoms with Crippen LogP contribution in [0.4, 0.5) is 8.78 Å². The Morgan fingerprint density at radius 1 is 1.26 bits per heavy atom. The van der Waals surface area contributed by atoms with E-state index in [1.807, 2.05) is 19.1 Å². The van der Waals surface area contributed by atoms with Crippen molar-refractivity contribution in [2.24, 2.45) is 4.99 Å². The lowest BCUT2D eigenvalue weighted by Crippen LogP contribution is -2.41. The van der Waals surface area contributed by atoms with E-state index in [9.17, 15) is 8.78 Å². The summed E-state index contributed by atoms with van der Waals surface area (Å²) in [6.45, 7) is 4.39. The van der Waals surface area contributed by atoms with Crippen LogP contribution in [0.15, 0.2) is 29.3 Å². The molecule has 1 unspecified atom stereocenters. The molecule has 0 aliphatic heterocycles. The number of hydrogen-bond donors (Lipinski definition) is 2. The third-order valence-corrected chi connectivity index (χ3v) is 2.83. The van der Waals surface area contributed by atoms with Crippen LogP contribution in [0.5, 0.6) is 0 Å². The molecular formula is C14H21F2N3. The summed E-state index contributed by atoms with van der Waals surface area (Å²) >= 11 is 0. The molecule has 1 rings (SSSR count). The standard InChI is InChI=1S/C14H21F2N3/c1-10-5-4-6-12(7-10)11(2)8-18-14(17-3)19-9-13(15)16/h4-7,11,13H,8-9H2,1-3H3,(H2,17,18,19). The van der Waals surface area contributed by atoms with Gasteiger partial charge in [0.25, 0.3) is 6.43 Å². The van der Waals surface area contributed by atoms with Crippen LogP contribution >= 0.6 is 0 Å². The molecule has 0 bridgehead atoms. The van der Waals surface area contributed by atoms with E-state index in [0.29, 0.717) is 12.5 Å². The van der Waals surface area contributed by atoms with E-state index in [4.69, 9.17) is 0 Å². The van der Waals surface area contributed by atoms with Crippen molar-refractivity contribution in [3.63, 3.8) is 0 Å². The normalized spacial score (nSPS) is 13.5. The highest BCUT2D eigenvalue weighted by Gasteiger charge is 2.08. The van der Waals surface area contributed by atoms with Gasteiger partial charge in [-0.1, -0.05) is 36.8 Å². The largest absolute Gasteiger partial charge is 0.356 e. The Labute approximate surface area is 113 Å². The molecule has 1 atom stereocenters. The zero-order valence-corrected chi connectivity index (χ0v) is 11.6. The molecule has 3 nitrogen and oxygen atoms in total. The molecule has 0 aliphatic carbocycles. The second-order valence-corrected chi connectivity index (χ2v) is 4.54. The fourth-order valence-corrected chi connectivity index (χ4v) is 1.74. The van der Waals surface area contributed by atoms with E-state index in [2.05, 4.69) is 34.7 Å². The van der Waals surface area contributed by atoms with Crippen LogP contribution < -0.4 is 10.6 Å². The van der Waals surface area contributed by atoms with Crippen LogP contribution in [0.2, 0.25) is 0 Å². The topological polar surface area (TPSA) is 36.4 Å². The number of nitrogens with zero attached hydrogens (tertiary/aromatic N) is 1. The summed E-state index contributed by atoms with van der Waals surface area (Å²) in [5.74, 6) is 0.685. The molecule has 0 amide bonds. The molecule has 19 heavy (non-hydrogen) atoms. The highest BCUT2D eigenvalue weighted by atomic mass is 19.3. The van der Waals surface area contributed by atoms with Gasteiger partial charge in [-0.25, -0.2) is 8.78 Å². The molecule has 0 aromatic heterocycles. The zero-order valence-electron chi connectivity index (χ0n) is 11.6. The van der Waals surface area contributed by atoms with Gasteiger partial charge in [0.05, 0.1) is 6.54 Å². The van der Waals surface area contributed by atoms with E-state index < -0.39 is 13.0 Å². The van der Waals surface area contributed by atoms with Gasteiger partial charge in [0.15, 0.2) is 5.96 Å². The number of aliphatic imine (C=N–C) groups is 1. The van der Waals surface area contributed by atoms with Gasteiger partial charge >= 0.3 is 0 Å². The summed E-state index contributed by atoms with van der Waals surface area (Å²) in [6, 6.07) is 8.26. The average Bonchev–Trinajstić information content (AvgIpc) is 2.38. The van der Waals surface area contributed by atoms with Crippen molar-refractivity contribution >= 4 is 5.96 Å². The second kappa shape index (κ2) is 7.71. The highest BCUT2D eigenvalue weighted by Crippen LogP contribution is 2.15. The maximum Gasteiger partial charge on any atom is 0.255 e. The maximum atomic E-state index is 12.1. The summed E-state index contributed by atoms with van der Waals surface area (Å²) in [5.41, 5.74) is 2.43. The molecule has 0 heterocycles. The fraction of sp³-hybridized carbons (Fsp3) is 0.500. The molecule has 0 saturated carbocycles. The summed E-state index contributed by atoms with van der Waals surface area (Å²) in [6.07, 6.45) is -2.38. The van der Waals surface area contributed by atoms with Gasteiger partial charge in [0.2, 0.25) is 0 Å². The van der Waals surface area contributed by atoms with E-state index in [0.717, 1.165) is 0 Å². The third-order valence-electron chi connectivity index (χ3n) is 2.83. The summed E-state index contributed by atoms with van der Waals surface area (Å²) in [7, 11) is 1.57. The van der Waals surface area contributed by atoms with Crippen LogP contribution in [-0.2, 0) is 0 Å². The molecular weight excluding hydrogens is 248 g/mol. The van der Waals surface area contributed by atoms with E-state index >= 15 is 0 Å². The minimum atomic E-state index is -2.38. The van der Waals surface area contributed by atoms with Crippen LogP contribution in [0.3, 0.4) is 0 Å². The smallest absolute Gasteiger partial charge is 0.255 e. The number of halogens is 2. The number of hydrogen-bond acceptors (Lipinski definition) is 1. The summed E-state index contributed by atoms with van der Waals surface area (Å²) in [5, 5.41) is 5.62. The van der Waals surface area contributed by atoms with Crippen molar-refractivity contribution in [1.29, 1.82) is 0 Å². The van der Waals surface area contributed by atoms with Gasteiger partial charge < -0.3 is 10.6 Å². The Morgan fingerprint density at radius 2 is 1.95 bits per heavy atom. The average molecular weight is 269 g/mol. The van der Waals surface area contributed by atoms with Gasteiger partial charge in [0, 0.05) is 13.6 Å². The predicted molar refractivity (Wildman–Crippen MR) is 75.0 cm³/mol. The minimum absolute atomic E-state index is 0.282. The Hall–Kier alpha value is -1.65. The van der Waals surface area contributed by atoms with Gasteiger partial charge in [-0.3, -0.25) is 4.99 Å². The molecule has 1 aromatic rings. The quantitative estimate of drug-likeness (QED) is 0.636. The lowest BCUT2D eigenvalue weighted by molar-refractivity contribution is 0.152. The monoisotopic (exact) mass is 269 g/mol. The van der Waals surface area contributed by atoms with E-state index in [1.54, 1.807) is 7.05 Å². The molecule has 0 spiro atoms. The molecule has 2 N–H and O–H groups in total. The van der Waals surface area contributed by atoms with Crippen LogP contribution in [-0.4, -0.2) is 32.5 Å². The molecule has 0 saturated heterocycles. The molecule has 0 radical (unpaired) electrons. The lowest BCUT2D eigenvalue weighted by atomic mass is 9.99. The number of nitrogens with one attached hydrogen (secondary N) is 2. The number of alkyl halides is 2. The molecule has 0 fully saturated rings. The van der Waals surface area contributed by atoms with Crippen molar-refractivity contribution in [3.05, 3.63) is 35.4 Å². The first-order valence-electron chi connectivity index (χ1n) is 6.32. The van der Waals surface area contributed by atoms with Crippen LogP contribution in [0, 0.1) is 6.92 Å². The number of benzene rings is 1. The Kier molecular flexibility index (Phi) is 6.25. The summed E-state index contributed by atoms with van der Waals surface area (Å²) in [4.78, 5) is 3.90. The molecule has 0 aliphatic rings. The Bertz CT molecular complexity index is 419. The lowest BCUT2D eigenvalue weighted by Gasteiger charge is -2.16. The number of rotatable bonds is 5. The van der Waals surface area contributed by atoms with Crippen molar-refractivity contribution in [2.75, 3.05) is 20.1 Å². The van der Waals surface area contributed by atoms with Crippen LogP contribution in [0.25, 0.3) is 0 Å². The van der Waals surface area contributed by atoms with Crippen LogP contribution in [0.1, 0.15) is 24.0 Å². The van der Waals surface area contributed by atoms with Gasteiger partial charge in [-0.05, 0) is 18.4 Å². The Balaban J connectivity index is 2.46. The van der Waals surface area contributed by atoms with Crippen molar-refractivity contribution < 1.29 is 8.78 Å². The Morgan fingerprint density at radius 3 is 2.53 bits per heavy atom. The van der Waals surface area contributed by atoms with Gasteiger partial charge in [-0.2, -0.15) is 0 Å². The fourth-order valence-electron chi connectivity index (χ4n) is 1.74. The van der Waals surface area contributed by atoms with Crippen molar-refractivity contribution in [3.8, 4) is 0 Å². The van der Waals surface area contributed by atoms with Gasteiger partial charge in [0.1, 0.15) is 0 Å². The predicted octanol–water partition coefficient (Wildman–Crippen LogP) is 2.53. The molecule has 106 valence electrons. The number of guanidine groups is 1. The van der Waals surface area contributed by atoms with Gasteiger partial charge in [-0.15, -0.1) is 0 Å². The van der Waals surface area contributed by atoms with Crippen molar-refractivity contribution in [1.82, 2.24) is 10.6 Å². The SMILES string of the molecule is CN=C(NCC(F)F)NCC(C)c1cccc(C)c1. The maximum absolute atomic E-state index is 12.1. The molecule has 5 heteroatoms. The third kappa shape index (κ3) is 5.68.